The van der Waals surface area contributed by atoms with Crippen molar-refractivity contribution in [1.29, 1.82) is 0 Å². The molecule has 6 heteroatoms. The highest BCUT2D eigenvalue weighted by Gasteiger charge is 2.20. The van der Waals surface area contributed by atoms with Gasteiger partial charge in [-0.1, -0.05) is 17.7 Å². The second kappa shape index (κ2) is 5.84. The number of nitrogens with zero attached hydrogens (tertiary/aromatic N) is 3. The standard InChI is InChI=1S/C11H16ClN3O2/c1-13(2)7-8-14(3)10-6-4-5-9(12)11(10)15(16)17/h4-6H,7-8H2,1-3H3. The molecule has 0 atom stereocenters. The van der Waals surface area contributed by atoms with Gasteiger partial charge in [0, 0.05) is 20.1 Å². The number of anilines is 1. The third kappa shape index (κ3) is 3.57. The third-order valence-corrected chi connectivity index (χ3v) is 2.75. The van der Waals surface area contributed by atoms with Crippen LogP contribution in [0.4, 0.5) is 11.4 Å². The smallest absolute Gasteiger partial charge is 0.310 e. The van der Waals surface area contributed by atoms with Gasteiger partial charge in [-0.15, -0.1) is 0 Å². The topological polar surface area (TPSA) is 49.6 Å². The Kier molecular flexibility index (Phi) is 4.72. The van der Waals surface area contributed by atoms with Gasteiger partial charge in [0.25, 0.3) is 0 Å². The average molecular weight is 258 g/mol. The van der Waals surface area contributed by atoms with Gasteiger partial charge in [-0.2, -0.15) is 0 Å². The van der Waals surface area contributed by atoms with E-state index in [0.29, 0.717) is 12.2 Å². The molecule has 1 rings (SSSR count). The molecule has 0 fully saturated rings. The van der Waals surface area contributed by atoms with Gasteiger partial charge in [-0.25, -0.2) is 0 Å². The van der Waals surface area contributed by atoms with Crippen molar-refractivity contribution in [3.8, 4) is 0 Å². The number of benzene rings is 1. The Labute approximate surface area is 106 Å². The first-order valence-electron chi connectivity index (χ1n) is 5.22. The lowest BCUT2D eigenvalue weighted by molar-refractivity contribution is -0.384. The summed E-state index contributed by atoms with van der Waals surface area (Å²) in [6, 6.07) is 4.96. The maximum Gasteiger partial charge on any atom is 0.310 e. The summed E-state index contributed by atoms with van der Waals surface area (Å²) in [7, 11) is 5.74. The van der Waals surface area contributed by atoms with Crippen molar-refractivity contribution in [3.63, 3.8) is 0 Å². The van der Waals surface area contributed by atoms with Crippen LogP contribution in [0.3, 0.4) is 0 Å². The molecule has 0 radical (unpaired) electrons. The molecule has 0 heterocycles. The monoisotopic (exact) mass is 257 g/mol. The molecule has 0 amide bonds. The zero-order valence-corrected chi connectivity index (χ0v) is 10.9. The largest absolute Gasteiger partial charge is 0.368 e. The maximum absolute atomic E-state index is 11.0. The molecule has 0 saturated carbocycles. The minimum absolute atomic E-state index is 0.0320. The van der Waals surface area contributed by atoms with Crippen LogP contribution in [0, 0.1) is 10.1 Å². The molecular formula is C11H16ClN3O2. The van der Waals surface area contributed by atoms with Crippen LogP contribution in [0.25, 0.3) is 0 Å². The van der Waals surface area contributed by atoms with Crippen molar-refractivity contribution >= 4 is 23.0 Å². The molecule has 0 spiro atoms. The van der Waals surface area contributed by atoms with E-state index in [1.165, 1.54) is 6.07 Å². The minimum atomic E-state index is -0.441. The number of hydrogen-bond acceptors (Lipinski definition) is 4. The van der Waals surface area contributed by atoms with Crippen LogP contribution in [-0.2, 0) is 0 Å². The van der Waals surface area contributed by atoms with Crippen molar-refractivity contribution in [1.82, 2.24) is 4.90 Å². The zero-order chi connectivity index (χ0) is 13.0. The van der Waals surface area contributed by atoms with E-state index < -0.39 is 4.92 Å². The molecule has 94 valence electrons. The van der Waals surface area contributed by atoms with Gasteiger partial charge in [0.15, 0.2) is 0 Å². The van der Waals surface area contributed by atoms with Crippen molar-refractivity contribution in [2.45, 2.75) is 0 Å². The number of para-hydroxylation sites is 1. The van der Waals surface area contributed by atoms with Gasteiger partial charge in [0.1, 0.15) is 10.7 Å². The van der Waals surface area contributed by atoms with Crippen LogP contribution in [0.2, 0.25) is 5.02 Å². The number of likely N-dealkylation sites (N-methyl/N-ethyl adjacent to an activating group) is 2. The summed E-state index contributed by atoms with van der Waals surface area (Å²) in [6.45, 7) is 1.52. The Bertz CT molecular complexity index is 410. The third-order valence-electron chi connectivity index (χ3n) is 2.44. The van der Waals surface area contributed by atoms with E-state index in [4.69, 9.17) is 11.6 Å². The van der Waals surface area contributed by atoms with Crippen molar-refractivity contribution < 1.29 is 4.92 Å². The van der Waals surface area contributed by atoms with Gasteiger partial charge in [-0.3, -0.25) is 10.1 Å². The van der Waals surface area contributed by atoms with Gasteiger partial charge in [-0.05, 0) is 26.2 Å². The van der Waals surface area contributed by atoms with E-state index in [1.54, 1.807) is 12.1 Å². The number of nitro groups is 1. The number of hydrogen-bond donors (Lipinski definition) is 0. The highest BCUT2D eigenvalue weighted by Crippen LogP contribution is 2.34. The van der Waals surface area contributed by atoms with Crippen molar-refractivity contribution in [3.05, 3.63) is 33.3 Å². The van der Waals surface area contributed by atoms with Crippen LogP contribution in [0.5, 0.6) is 0 Å². The number of nitro benzene ring substituents is 1. The Balaban J connectivity index is 2.96. The fourth-order valence-corrected chi connectivity index (χ4v) is 1.70. The summed E-state index contributed by atoms with van der Waals surface area (Å²) in [5, 5.41) is 11.1. The summed E-state index contributed by atoms with van der Waals surface area (Å²) < 4.78 is 0. The summed E-state index contributed by atoms with van der Waals surface area (Å²) in [5.74, 6) is 0. The molecule has 1 aromatic carbocycles. The fourth-order valence-electron chi connectivity index (χ4n) is 1.46. The molecule has 0 aliphatic heterocycles. The van der Waals surface area contributed by atoms with E-state index >= 15 is 0 Å². The molecule has 17 heavy (non-hydrogen) atoms. The van der Waals surface area contributed by atoms with Crippen LogP contribution >= 0.6 is 11.6 Å². The molecule has 0 bridgehead atoms. The summed E-state index contributed by atoms with van der Waals surface area (Å²) in [6.07, 6.45) is 0. The number of rotatable bonds is 5. The summed E-state index contributed by atoms with van der Waals surface area (Å²) >= 11 is 5.85. The molecule has 0 aliphatic carbocycles. The van der Waals surface area contributed by atoms with Crippen LogP contribution in [0.1, 0.15) is 0 Å². The van der Waals surface area contributed by atoms with E-state index in [0.717, 1.165) is 6.54 Å². The van der Waals surface area contributed by atoms with Crippen LogP contribution < -0.4 is 4.90 Å². The predicted octanol–water partition coefficient (Wildman–Crippen LogP) is 2.25. The molecule has 0 saturated heterocycles. The van der Waals surface area contributed by atoms with Gasteiger partial charge in [0.05, 0.1) is 4.92 Å². The second-order valence-corrected chi connectivity index (χ2v) is 4.50. The molecular weight excluding hydrogens is 242 g/mol. The number of halogens is 1. The van der Waals surface area contributed by atoms with Crippen LogP contribution in [0.15, 0.2) is 18.2 Å². The van der Waals surface area contributed by atoms with Crippen molar-refractivity contribution in [2.24, 2.45) is 0 Å². The normalized spacial score (nSPS) is 10.6. The summed E-state index contributed by atoms with van der Waals surface area (Å²) in [5.41, 5.74) is 0.514. The Morgan fingerprint density at radius 1 is 1.29 bits per heavy atom. The fraction of sp³-hybridized carbons (Fsp3) is 0.455. The molecule has 0 aromatic heterocycles. The van der Waals surface area contributed by atoms with Crippen molar-refractivity contribution in [2.75, 3.05) is 39.1 Å². The second-order valence-electron chi connectivity index (χ2n) is 4.09. The lowest BCUT2D eigenvalue weighted by Crippen LogP contribution is -2.28. The molecule has 0 N–H and O–H groups in total. The maximum atomic E-state index is 11.0. The highest BCUT2D eigenvalue weighted by atomic mass is 35.5. The van der Waals surface area contributed by atoms with E-state index in [1.807, 2.05) is 30.9 Å². The quantitative estimate of drug-likeness (QED) is 0.600. The van der Waals surface area contributed by atoms with E-state index in [9.17, 15) is 10.1 Å². The Morgan fingerprint density at radius 2 is 1.94 bits per heavy atom. The molecule has 5 nitrogen and oxygen atoms in total. The predicted molar refractivity (Wildman–Crippen MR) is 69.9 cm³/mol. The first-order chi connectivity index (χ1) is 7.93. The van der Waals surface area contributed by atoms with Gasteiger partial charge >= 0.3 is 5.69 Å². The lowest BCUT2D eigenvalue weighted by Gasteiger charge is -2.21. The molecule has 1 aromatic rings. The molecule has 0 aliphatic rings. The first kappa shape index (κ1) is 13.7. The first-order valence-corrected chi connectivity index (χ1v) is 5.60. The average Bonchev–Trinajstić information content (AvgIpc) is 2.24. The van der Waals surface area contributed by atoms with E-state index in [2.05, 4.69) is 0 Å². The minimum Gasteiger partial charge on any atom is -0.368 e. The summed E-state index contributed by atoms with van der Waals surface area (Å²) in [4.78, 5) is 14.4. The Hall–Kier alpha value is -1.33. The molecule has 0 unspecified atom stereocenters. The van der Waals surface area contributed by atoms with E-state index in [-0.39, 0.29) is 10.7 Å². The van der Waals surface area contributed by atoms with Crippen LogP contribution in [-0.4, -0.2) is 44.1 Å². The van der Waals surface area contributed by atoms with Gasteiger partial charge in [0.2, 0.25) is 0 Å². The Morgan fingerprint density at radius 3 is 2.47 bits per heavy atom. The SMILES string of the molecule is CN(C)CCN(C)c1cccc(Cl)c1[N+](=O)[O-]. The highest BCUT2D eigenvalue weighted by molar-refractivity contribution is 6.33. The lowest BCUT2D eigenvalue weighted by atomic mass is 10.2. The van der Waals surface area contributed by atoms with Gasteiger partial charge < -0.3 is 9.80 Å². The zero-order valence-electron chi connectivity index (χ0n) is 10.2.